The van der Waals surface area contributed by atoms with Crippen LogP contribution in [0.5, 0.6) is 0 Å². The molecule has 0 aliphatic carbocycles. The summed E-state index contributed by atoms with van der Waals surface area (Å²) >= 11 is 0. The minimum Gasteiger partial charge on any atom is -0.478 e. The summed E-state index contributed by atoms with van der Waals surface area (Å²) in [5, 5.41) is 11.8. The molecular formula is C15H21NO5. The Hall–Kier alpha value is -1.82. The third-order valence-corrected chi connectivity index (χ3v) is 3.61. The van der Waals surface area contributed by atoms with Gasteiger partial charge in [-0.1, -0.05) is 6.92 Å². The van der Waals surface area contributed by atoms with Gasteiger partial charge in [-0.3, -0.25) is 4.79 Å². The maximum Gasteiger partial charge on any atom is 0.339 e. The van der Waals surface area contributed by atoms with Crippen molar-refractivity contribution in [1.82, 2.24) is 5.32 Å². The van der Waals surface area contributed by atoms with Gasteiger partial charge in [-0.25, -0.2) is 4.79 Å². The van der Waals surface area contributed by atoms with Crippen molar-refractivity contribution in [3.8, 4) is 0 Å². The number of hydrogen-bond donors (Lipinski definition) is 2. The number of amides is 1. The molecule has 6 heteroatoms. The molecule has 2 rings (SSSR count). The fraction of sp³-hybridized carbons (Fsp3) is 0.600. The fourth-order valence-electron chi connectivity index (χ4n) is 2.45. The molecule has 1 saturated heterocycles. The van der Waals surface area contributed by atoms with Crippen LogP contribution in [-0.4, -0.2) is 36.2 Å². The molecular weight excluding hydrogens is 274 g/mol. The van der Waals surface area contributed by atoms with E-state index < -0.39 is 5.97 Å². The SMILES string of the molecule is CCc1oc(C(=O)NCCC2CCCCO2)cc1C(=O)O. The Labute approximate surface area is 123 Å². The van der Waals surface area contributed by atoms with Gasteiger partial charge in [-0.15, -0.1) is 0 Å². The summed E-state index contributed by atoms with van der Waals surface area (Å²) in [6.45, 7) is 3.07. The van der Waals surface area contributed by atoms with Crippen molar-refractivity contribution in [1.29, 1.82) is 0 Å². The van der Waals surface area contributed by atoms with Crippen molar-refractivity contribution in [2.45, 2.75) is 45.1 Å². The standard InChI is InChI=1S/C15H21NO5/c1-2-12-11(15(18)19)9-13(21-12)14(17)16-7-6-10-5-3-4-8-20-10/h9-10H,2-8H2,1H3,(H,16,17)(H,18,19). The van der Waals surface area contributed by atoms with Crippen molar-refractivity contribution in [2.75, 3.05) is 13.2 Å². The molecule has 1 unspecified atom stereocenters. The van der Waals surface area contributed by atoms with E-state index in [4.69, 9.17) is 14.3 Å². The average Bonchev–Trinajstić information content (AvgIpc) is 2.93. The number of carbonyl (C=O) groups is 2. The highest BCUT2D eigenvalue weighted by atomic mass is 16.5. The van der Waals surface area contributed by atoms with E-state index in [0.29, 0.717) is 18.7 Å². The molecule has 1 aliphatic rings. The summed E-state index contributed by atoms with van der Waals surface area (Å²) in [7, 11) is 0. The van der Waals surface area contributed by atoms with Crippen LogP contribution in [0.25, 0.3) is 0 Å². The van der Waals surface area contributed by atoms with Crippen LogP contribution in [0.4, 0.5) is 0 Å². The number of carboxylic acid groups (broad SMARTS) is 1. The van der Waals surface area contributed by atoms with Gasteiger partial charge < -0.3 is 19.6 Å². The van der Waals surface area contributed by atoms with Gasteiger partial charge in [0.05, 0.1) is 6.10 Å². The molecule has 0 aromatic carbocycles. The Balaban J connectivity index is 1.86. The van der Waals surface area contributed by atoms with Crippen LogP contribution < -0.4 is 5.32 Å². The average molecular weight is 295 g/mol. The van der Waals surface area contributed by atoms with E-state index in [9.17, 15) is 9.59 Å². The van der Waals surface area contributed by atoms with E-state index in [-0.39, 0.29) is 23.3 Å². The van der Waals surface area contributed by atoms with E-state index in [2.05, 4.69) is 5.32 Å². The predicted molar refractivity (Wildman–Crippen MR) is 75.6 cm³/mol. The molecule has 0 saturated carbocycles. The topological polar surface area (TPSA) is 88.8 Å². The molecule has 1 atom stereocenters. The first kappa shape index (κ1) is 15.6. The van der Waals surface area contributed by atoms with Crippen LogP contribution in [0.15, 0.2) is 10.5 Å². The minimum absolute atomic E-state index is 0.0498. The molecule has 21 heavy (non-hydrogen) atoms. The lowest BCUT2D eigenvalue weighted by molar-refractivity contribution is 0.0116. The predicted octanol–water partition coefficient (Wildman–Crippen LogP) is 2.23. The molecule has 6 nitrogen and oxygen atoms in total. The van der Waals surface area contributed by atoms with Crippen LogP contribution in [0.2, 0.25) is 0 Å². The number of nitrogens with one attached hydrogen (secondary N) is 1. The molecule has 116 valence electrons. The first-order chi connectivity index (χ1) is 10.1. The molecule has 0 radical (unpaired) electrons. The molecule has 0 bridgehead atoms. The molecule has 0 spiro atoms. The lowest BCUT2D eigenvalue weighted by Gasteiger charge is -2.22. The van der Waals surface area contributed by atoms with Crippen LogP contribution in [0, 0.1) is 0 Å². The van der Waals surface area contributed by atoms with E-state index in [1.165, 1.54) is 12.5 Å². The zero-order valence-corrected chi connectivity index (χ0v) is 12.2. The quantitative estimate of drug-likeness (QED) is 0.840. The zero-order chi connectivity index (χ0) is 15.2. The normalized spacial score (nSPS) is 18.4. The first-order valence-corrected chi connectivity index (χ1v) is 7.37. The van der Waals surface area contributed by atoms with Crippen molar-refractivity contribution >= 4 is 11.9 Å². The summed E-state index contributed by atoms with van der Waals surface area (Å²) in [5.74, 6) is -1.09. The Morgan fingerprint density at radius 3 is 2.81 bits per heavy atom. The molecule has 1 aromatic heterocycles. The highest BCUT2D eigenvalue weighted by Crippen LogP contribution is 2.17. The van der Waals surface area contributed by atoms with Gasteiger partial charge in [-0.05, 0) is 25.7 Å². The first-order valence-electron chi connectivity index (χ1n) is 7.37. The summed E-state index contributed by atoms with van der Waals surface area (Å²) in [4.78, 5) is 23.0. The van der Waals surface area contributed by atoms with Crippen LogP contribution in [-0.2, 0) is 11.2 Å². The van der Waals surface area contributed by atoms with Crippen LogP contribution >= 0.6 is 0 Å². The fourth-order valence-corrected chi connectivity index (χ4v) is 2.45. The number of carbonyl (C=O) groups excluding carboxylic acids is 1. The second-order valence-corrected chi connectivity index (χ2v) is 5.14. The number of rotatable bonds is 6. The largest absolute Gasteiger partial charge is 0.478 e. The Morgan fingerprint density at radius 2 is 2.24 bits per heavy atom. The van der Waals surface area contributed by atoms with Gasteiger partial charge in [0.1, 0.15) is 11.3 Å². The van der Waals surface area contributed by atoms with Gasteiger partial charge in [0.2, 0.25) is 0 Å². The lowest BCUT2D eigenvalue weighted by atomic mass is 10.1. The van der Waals surface area contributed by atoms with Gasteiger partial charge in [-0.2, -0.15) is 0 Å². The summed E-state index contributed by atoms with van der Waals surface area (Å²) in [6, 6.07) is 1.29. The van der Waals surface area contributed by atoms with Crippen molar-refractivity contribution in [2.24, 2.45) is 0 Å². The third kappa shape index (κ3) is 4.07. The molecule has 1 aliphatic heterocycles. The Kier molecular flexibility index (Phi) is 5.38. The maximum absolute atomic E-state index is 12.0. The van der Waals surface area contributed by atoms with Gasteiger partial charge in [0.15, 0.2) is 5.76 Å². The van der Waals surface area contributed by atoms with E-state index in [0.717, 1.165) is 25.9 Å². The number of furan rings is 1. The van der Waals surface area contributed by atoms with E-state index in [1.807, 2.05) is 0 Å². The smallest absolute Gasteiger partial charge is 0.339 e. The monoisotopic (exact) mass is 295 g/mol. The molecule has 2 N–H and O–H groups in total. The van der Waals surface area contributed by atoms with Gasteiger partial charge in [0, 0.05) is 25.6 Å². The van der Waals surface area contributed by atoms with Crippen molar-refractivity contribution in [3.05, 3.63) is 23.2 Å². The maximum atomic E-state index is 12.0. The van der Waals surface area contributed by atoms with Gasteiger partial charge >= 0.3 is 5.97 Å². The highest BCUT2D eigenvalue weighted by molar-refractivity contribution is 5.96. The third-order valence-electron chi connectivity index (χ3n) is 3.61. The second kappa shape index (κ2) is 7.26. The molecule has 2 heterocycles. The number of carboxylic acids is 1. The molecule has 1 aromatic rings. The molecule has 1 amide bonds. The summed E-state index contributed by atoms with van der Waals surface area (Å²) in [6.07, 6.45) is 4.70. The lowest BCUT2D eigenvalue weighted by Crippen LogP contribution is -2.29. The van der Waals surface area contributed by atoms with E-state index in [1.54, 1.807) is 6.92 Å². The van der Waals surface area contributed by atoms with Crippen molar-refractivity contribution in [3.63, 3.8) is 0 Å². The van der Waals surface area contributed by atoms with Crippen LogP contribution in [0.3, 0.4) is 0 Å². The van der Waals surface area contributed by atoms with Crippen molar-refractivity contribution < 1.29 is 23.8 Å². The summed E-state index contributed by atoms with van der Waals surface area (Å²) in [5.41, 5.74) is 0.0539. The zero-order valence-electron chi connectivity index (χ0n) is 12.2. The number of aryl methyl sites for hydroxylation is 1. The Bertz CT molecular complexity index is 502. The van der Waals surface area contributed by atoms with E-state index >= 15 is 0 Å². The number of ether oxygens (including phenoxy) is 1. The second-order valence-electron chi connectivity index (χ2n) is 5.14. The number of aromatic carboxylic acids is 1. The molecule has 1 fully saturated rings. The minimum atomic E-state index is -1.08. The highest BCUT2D eigenvalue weighted by Gasteiger charge is 2.20. The Morgan fingerprint density at radius 1 is 1.43 bits per heavy atom. The van der Waals surface area contributed by atoms with Crippen LogP contribution in [0.1, 0.15) is 59.3 Å². The summed E-state index contributed by atoms with van der Waals surface area (Å²) < 4.78 is 10.9. The van der Waals surface area contributed by atoms with Gasteiger partial charge in [0.25, 0.3) is 5.91 Å². The number of hydrogen-bond acceptors (Lipinski definition) is 4.